The van der Waals surface area contributed by atoms with Gasteiger partial charge in [-0.1, -0.05) is 95.4 Å². The average Bonchev–Trinajstić information content (AvgIpc) is 3.07. The third kappa shape index (κ3) is 10.6. The van der Waals surface area contributed by atoms with Gasteiger partial charge in [-0.05, 0) is 66.8 Å². The first-order valence-electron chi connectivity index (χ1n) is 16.7. The third-order valence-electron chi connectivity index (χ3n) is 8.82. The molecule has 1 amide bonds. The van der Waals surface area contributed by atoms with Crippen LogP contribution in [-0.4, -0.2) is 31.7 Å². The highest BCUT2D eigenvalue weighted by molar-refractivity contribution is 6.39. The normalized spacial score (nSPS) is 12.5. The number of halogens is 3. The Balaban J connectivity index is 1.86. The van der Waals surface area contributed by atoms with Gasteiger partial charge >= 0.3 is 5.97 Å². The number of hydrogen-bond acceptors (Lipinski definition) is 8. The molecule has 0 spiro atoms. The van der Waals surface area contributed by atoms with Crippen LogP contribution in [0.3, 0.4) is 0 Å². The van der Waals surface area contributed by atoms with Gasteiger partial charge in [-0.25, -0.2) is 4.79 Å². The third-order valence-corrected chi connectivity index (χ3v) is 9.74. The van der Waals surface area contributed by atoms with E-state index in [4.69, 9.17) is 49.0 Å². The van der Waals surface area contributed by atoms with Crippen LogP contribution in [0.25, 0.3) is 0 Å². The fourth-order valence-corrected chi connectivity index (χ4v) is 5.57. The Morgan fingerprint density at radius 2 is 1.50 bits per heavy atom. The summed E-state index contributed by atoms with van der Waals surface area (Å²) in [6.07, 6.45) is 2.78. The van der Waals surface area contributed by atoms with E-state index in [1.165, 1.54) is 18.7 Å². The lowest BCUT2D eigenvalue weighted by molar-refractivity contribution is -0.137. The van der Waals surface area contributed by atoms with Gasteiger partial charge in [0.1, 0.15) is 17.3 Å². The first kappa shape index (κ1) is 40.6. The van der Waals surface area contributed by atoms with Crippen molar-refractivity contribution in [2.45, 2.75) is 91.6 Å². The summed E-state index contributed by atoms with van der Waals surface area (Å²) in [6, 6.07) is 14.4. The monoisotopic (exact) mass is 746 g/mol. The standard InChI is InChI=1S/C38H49Cl3N4O5/c1-10-31(50-32-17-14-23(37(5,6)11-2)18-26(32)38(7,8)12-3)36(47)42-24-15-16-27(39)30(19-24)43-33(22-34(46)49-13-4)44-45-35-28(40)20-25(48-9)21-29(35)41/h14-22,31,43-45H,10-13H2,1-9H3,(H,42,47). The summed E-state index contributed by atoms with van der Waals surface area (Å²) in [4.78, 5) is 26.1. The molecular weight excluding hydrogens is 699 g/mol. The van der Waals surface area contributed by atoms with Crippen LogP contribution in [0, 0.1) is 0 Å². The molecule has 0 aliphatic carbocycles. The maximum Gasteiger partial charge on any atom is 0.334 e. The minimum atomic E-state index is -0.761. The second kappa shape index (κ2) is 17.9. The Hall–Kier alpha value is -3.79. The van der Waals surface area contributed by atoms with E-state index < -0.39 is 12.1 Å². The molecule has 0 saturated heterocycles. The minimum Gasteiger partial charge on any atom is -0.497 e. The van der Waals surface area contributed by atoms with E-state index in [0.717, 1.165) is 18.4 Å². The SMILES string of the molecule is CCOC(=O)C=C(NNc1c(Cl)cc(OC)cc1Cl)Nc1cc(NC(=O)C(CC)Oc2ccc(C(C)(C)CC)cc2C(C)(C)CC)ccc1Cl. The maximum atomic E-state index is 13.6. The second-order valence-electron chi connectivity index (χ2n) is 13.0. The van der Waals surface area contributed by atoms with Crippen LogP contribution >= 0.6 is 34.8 Å². The van der Waals surface area contributed by atoms with Crippen LogP contribution in [-0.2, 0) is 25.2 Å². The van der Waals surface area contributed by atoms with Crippen LogP contribution in [0.2, 0.25) is 15.1 Å². The molecule has 0 aromatic heterocycles. The zero-order chi connectivity index (χ0) is 37.2. The lowest BCUT2D eigenvalue weighted by Gasteiger charge is -2.31. The zero-order valence-electron chi connectivity index (χ0n) is 30.3. The molecule has 0 saturated carbocycles. The molecule has 272 valence electrons. The molecule has 12 heteroatoms. The first-order chi connectivity index (χ1) is 23.6. The van der Waals surface area contributed by atoms with Crippen molar-refractivity contribution in [3.05, 3.63) is 86.6 Å². The quantitative estimate of drug-likeness (QED) is 0.0614. The van der Waals surface area contributed by atoms with E-state index in [2.05, 4.69) is 75.2 Å². The number of carbonyl (C=O) groups is 2. The van der Waals surface area contributed by atoms with Crippen LogP contribution in [0.15, 0.2) is 60.4 Å². The molecule has 3 aromatic carbocycles. The molecule has 50 heavy (non-hydrogen) atoms. The van der Waals surface area contributed by atoms with Gasteiger partial charge in [-0.3, -0.25) is 15.6 Å². The van der Waals surface area contributed by atoms with Crippen molar-refractivity contribution in [3.8, 4) is 11.5 Å². The van der Waals surface area contributed by atoms with Crippen LogP contribution in [0.1, 0.15) is 85.8 Å². The second-order valence-corrected chi connectivity index (χ2v) is 14.3. The predicted octanol–water partition coefficient (Wildman–Crippen LogP) is 10.3. The highest BCUT2D eigenvalue weighted by Crippen LogP contribution is 2.39. The molecule has 0 radical (unpaired) electrons. The Morgan fingerprint density at radius 3 is 2.08 bits per heavy atom. The number of methoxy groups -OCH3 is 1. The summed E-state index contributed by atoms with van der Waals surface area (Å²) in [7, 11) is 1.50. The average molecular weight is 748 g/mol. The van der Waals surface area contributed by atoms with Crippen molar-refractivity contribution in [1.82, 2.24) is 5.43 Å². The van der Waals surface area contributed by atoms with Crippen LogP contribution in [0.4, 0.5) is 17.1 Å². The molecule has 1 unspecified atom stereocenters. The van der Waals surface area contributed by atoms with E-state index in [1.807, 2.05) is 13.0 Å². The van der Waals surface area contributed by atoms with Crippen molar-refractivity contribution in [2.75, 3.05) is 29.8 Å². The van der Waals surface area contributed by atoms with Gasteiger partial charge in [0, 0.05) is 23.4 Å². The summed E-state index contributed by atoms with van der Waals surface area (Å²) in [5.74, 6) is 0.401. The topological polar surface area (TPSA) is 110 Å². The van der Waals surface area contributed by atoms with Crippen molar-refractivity contribution >= 4 is 63.7 Å². The number of rotatable bonds is 17. The molecule has 0 bridgehead atoms. The van der Waals surface area contributed by atoms with Gasteiger partial charge in [0.05, 0.1) is 46.2 Å². The van der Waals surface area contributed by atoms with Gasteiger partial charge in [0.25, 0.3) is 5.91 Å². The maximum absolute atomic E-state index is 13.6. The highest BCUT2D eigenvalue weighted by atomic mass is 35.5. The van der Waals surface area contributed by atoms with E-state index in [9.17, 15) is 9.59 Å². The van der Waals surface area contributed by atoms with Crippen molar-refractivity contribution in [2.24, 2.45) is 0 Å². The fraction of sp³-hybridized carbons (Fsp3) is 0.421. The summed E-state index contributed by atoms with van der Waals surface area (Å²) < 4.78 is 16.8. The smallest absolute Gasteiger partial charge is 0.334 e. The summed E-state index contributed by atoms with van der Waals surface area (Å²) in [5, 5.41) is 6.92. The van der Waals surface area contributed by atoms with Crippen molar-refractivity contribution in [3.63, 3.8) is 0 Å². The van der Waals surface area contributed by atoms with Crippen molar-refractivity contribution in [1.29, 1.82) is 0 Å². The summed E-state index contributed by atoms with van der Waals surface area (Å²) in [6.45, 7) is 17.0. The van der Waals surface area contributed by atoms with Gasteiger partial charge in [0.15, 0.2) is 6.10 Å². The molecule has 0 aliphatic heterocycles. The van der Waals surface area contributed by atoms with E-state index in [0.29, 0.717) is 40.0 Å². The number of nitrogens with one attached hydrogen (secondary N) is 4. The number of anilines is 3. The summed E-state index contributed by atoms with van der Waals surface area (Å²) in [5.41, 5.74) is 9.15. The number of carbonyl (C=O) groups excluding carboxylic acids is 2. The number of benzene rings is 3. The largest absolute Gasteiger partial charge is 0.497 e. The van der Waals surface area contributed by atoms with Gasteiger partial charge in [-0.15, -0.1) is 0 Å². The molecule has 1 atom stereocenters. The lowest BCUT2D eigenvalue weighted by atomic mass is 9.76. The van der Waals surface area contributed by atoms with Crippen LogP contribution in [0.5, 0.6) is 11.5 Å². The first-order valence-corrected chi connectivity index (χ1v) is 17.8. The van der Waals surface area contributed by atoms with E-state index in [1.54, 1.807) is 37.3 Å². The molecule has 0 heterocycles. The van der Waals surface area contributed by atoms with Gasteiger partial charge in [0.2, 0.25) is 0 Å². The molecule has 0 fully saturated rings. The number of ether oxygens (including phenoxy) is 3. The van der Waals surface area contributed by atoms with Gasteiger partial charge < -0.3 is 24.8 Å². The molecule has 3 rings (SSSR count). The Bertz CT molecular complexity index is 1670. The van der Waals surface area contributed by atoms with E-state index >= 15 is 0 Å². The zero-order valence-corrected chi connectivity index (χ0v) is 32.5. The van der Waals surface area contributed by atoms with Gasteiger partial charge in [-0.2, -0.15) is 0 Å². The number of hydrogen-bond donors (Lipinski definition) is 4. The molecular formula is C38H49Cl3N4O5. The summed E-state index contributed by atoms with van der Waals surface area (Å²) >= 11 is 19.3. The molecule has 4 N–H and O–H groups in total. The molecule has 3 aromatic rings. The Labute approximate surface area is 311 Å². The van der Waals surface area contributed by atoms with Crippen LogP contribution < -0.4 is 31.0 Å². The molecule has 0 aliphatic rings. The number of amides is 1. The lowest BCUT2D eigenvalue weighted by Crippen LogP contribution is -2.33. The highest BCUT2D eigenvalue weighted by Gasteiger charge is 2.29. The number of hydrazine groups is 1. The van der Waals surface area contributed by atoms with Crippen molar-refractivity contribution < 1.29 is 23.8 Å². The molecule has 9 nitrogen and oxygen atoms in total. The number of esters is 1. The Kier molecular flexibility index (Phi) is 14.6. The predicted molar refractivity (Wildman–Crippen MR) is 206 cm³/mol. The fourth-order valence-electron chi connectivity index (χ4n) is 4.84. The van der Waals surface area contributed by atoms with E-state index in [-0.39, 0.29) is 39.2 Å². The minimum absolute atomic E-state index is 0.00564. The Morgan fingerprint density at radius 1 is 0.840 bits per heavy atom.